The van der Waals surface area contributed by atoms with Gasteiger partial charge in [0, 0.05) is 11.0 Å². The Hall–Kier alpha value is -0.380. The molecule has 1 aromatic rings. The third-order valence-corrected chi connectivity index (χ3v) is 2.81. The van der Waals surface area contributed by atoms with Crippen molar-refractivity contribution in [2.45, 2.75) is 33.0 Å². The molecule has 1 rings (SSSR count). The van der Waals surface area contributed by atoms with Crippen LogP contribution in [0.4, 0.5) is 0 Å². The van der Waals surface area contributed by atoms with Crippen LogP contribution in [-0.4, -0.2) is 18.7 Å². The zero-order chi connectivity index (χ0) is 12.0. The summed E-state index contributed by atoms with van der Waals surface area (Å²) in [5.74, 6) is 0. The first-order valence-electron chi connectivity index (χ1n) is 5.62. The average molecular weight is 286 g/mol. The quantitative estimate of drug-likeness (QED) is 0.866. The van der Waals surface area contributed by atoms with Crippen LogP contribution < -0.4 is 5.32 Å². The van der Waals surface area contributed by atoms with Crippen molar-refractivity contribution in [3.8, 4) is 0 Å². The minimum atomic E-state index is -0.127. The molecule has 0 atom stereocenters. The highest BCUT2D eigenvalue weighted by Crippen LogP contribution is 2.15. The van der Waals surface area contributed by atoms with Gasteiger partial charge in [0.05, 0.1) is 12.2 Å². The molecule has 0 aliphatic heterocycles. The van der Waals surface area contributed by atoms with Crippen LogP contribution in [0.2, 0.25) is 0 Å². The fourth-order valence-corrected chi connectivity index (χ4v) is 1.83. The standard InChI is InChI=1S/C13H20BrNO/c1-4-15-10-13(2,3)16-9-11-6-5-7-12(14)8-11/h5-8,15H,4,9-10H2,1-3H3. The molecule has 0 unspecified atom stereocenters. The lowest BCUT2D eigenvalue weighted by atomic mass is 10.1. The van der Waals surface area contributed by atoms with Gasteiger partial charge in [0.25, 0.3) is 0 Å². The van der Waals surface area contributed by atoms with E-state index in [-0.39, 0.29) is 5.60 Å². The number of likely N-dealkylation sites (N-methyl/N-ethyl adjacent to an activating group) is 1. The number of hydrogen-bond acceptors (Lipinski definition) is 2. The van der Waals surface area contributed by atoms with Crippen LogP contribution in [0, 0.1) is 0 Å². The van der Waals surface area contributed by atoms with Gasteiger partial charge in [0.2, 0.25) is 0 Å². The average Bonchev–Trinajstić information content (AvgIpc) is 2.24. The van der Waals surface area contributed by atoms with Crippen LogP contribution in [0.3, 0.4) is 0 Å². The van der Waals surface area contributed by atoms with E-state index in [1.54, 1.807) is 0 Å². The predicted molar refractivity (Wildman–Crippen MR) is 71.6 cm³/mol. The van der Waals surface area contributed by atoms with Crippen molar-refractivity contribution >= 4 is 15.9 Å². The van der Waals surface area contributed by atoms with E-state index in [0.717, 1.165) is 17.6 Å². The SMILES string of the molecule is CCNCC(C)(C)OCc1cccc(Br)c1. The maximum atomic E-state index is 5.89. The summed E-state index contributed by atoms with van der Waals surface area (Å²) in [4.78, 5) is 0. The number of ether oxygens (including phenoxy) is 1. The maximum absolute atomic E-state index is 5.89. The van der Waals surface area contributed by atoms with Crippen molar-refractivity contribution in [3.05, 3.63) is 34.3 Å². The molecule has 0 aromatic heterocycles. The van der Waals surface area contributed by atoms with E-state index in [1.807, 2.05) is 12.1 Å². The van der Waals surface area contributed by atoms with Gasteiger partial charge in [-0.15, -0.1) is 0 Å². The summed E-state index contributed by atoms with van der Waals surface area (Å²) < 4.78 is 6.98. The van der Waals surface area contributed by atoms with Gasteiger partial charge < -0.3 is 10.1 Å². The zero-order valence-corrected chi connectivity index (χ0v) is 11.8. The van der Waals surface area contributed by atoms with Crippen LogP contribution >= 0.6 is 15.9 Å². The van der Waals surface area contributed by atoms with Crippen LogP contribution in [0.5, 0.6) is 0 Å². The van der Waals surface area contributed by atoms with Gasteiger partial charge in [-0.1, -0.05) is 35.0 Å². The summed E-state index contributed by atoms with van der Waals surface area (Å²) in [5.41, 5.74) is 1.07. The molecule has 0 aliphatic rings. The summed E-state index contributed by atoms with van der Waals surface area (Å²) >= 11 is 3.46. The van der Waals surface area contributed by atoms with E-state index in [1.165, 1.54) is 5.56 Å². The predicted octanol–water partition coefficient (Wildman–Crippen LogP) is 3.35. The molecule has 0 fully saturated rings. The summed E-state index contributed by atoms with van der Waals surface area (Å²) in [6, 6.07) is 8.21. The van der Waals surface area contributed by atoms with Gasteiger partial charge in [-0.05, 0) is 38.1 Å². The fourth-order valence-electron chi connectivity index (χ4n) is 1.38. The van der Waals surface area contributed by atoms with Crippen LogP contribution in [-0.2, 0) is 11.3 Å². The molecular formula is C13H20BrNO. The number of hydrogen-bond donors (Lipinski definition) is 1. The number of benzene rings is 1. The molecule has 0 saturated heterocycles. The van der Waals surface area contributed by atoms with E-state index >= 15 is 0 Å². The monoisotopic (exact) mass is 285 g/mol. The first kappa shape index (κ1) is 13.7. The molecule has 0 bridgehead atoms. The molecule has 90 valence electrons. The molecule has 3 heteroatoms. The highest BCUT2D eigenvalue weighted by Gasteiger charge is 2.17. The summed E-state index contributed by atoms with van der Waals surface area (Å²) in [5, 5.41) is 3.30. The van der Waals surface area contributed by atoms with Gasteiger partial charge in [-0.3, -0.25) is 0 Å². The molecule has 0 heterocycles. The molecule has 0 saturated carbocycles. The lowest BCUT2D eigenvalue weighted by Gasteiger charge is -2.25. The normalized spacial score (nSPS) is 11.8. The second-order valence-electron chi connectivity index (χ2n) is 4.46. The smallest absolute Gasteiger partial charge is 0.0754 e. The fraction of sp³-hybridized carbons (Fsp3) is 0.538. The molecular weight excluding hydrogens is 266 g/mol. The molecule has 1 aromatic carbocycles. The Morgan fingerprint density at radius 2 is 2.12 bits per heavy atom. The maximum Gasteiger partial charge on any atom is 0.0754 e. The van der Waals surface area contributed by atoms with E-state index in [2.05, 4.69) is 54.2 Å². The van der Waals surface area contributed by atoms with E-state index in [0.29, 0.717) is 6.61 Å². The minimum Gasteiger partial charge on any atom is -0.370 e. The summed E-state index contributed by atoms with van der Waals surface area (Å²) in [7, 11) is 0. The number of halogens is 1. The van der Waals surface area contributed by atoms with Gasteiger partial charge in [-0.2, -0.15) is 0 Å². The molecule has 0 aliphatic carbocycles. The molecule has 0 spiro atoms. The Kier molecular flexibility index (Phi) is 5.46. The molecule has 16 heavy (non-hydrogen) atoms. The summed E-state index contributed by atoms with van der Waals surface area (Å²) in [6.07, 6.45) is 0. The first-order valence-corrected chi connectivity index (χ1v) is 6.42. The highest BCUT2D eigenvalue weighted by molar-refractivity contribution is 9.10. The van der Waals surface area contributed by atoms with E-state index in [4.69, 9.17) is 4.74 Å². The van der Waals surface area contributed by atoms with Crippen LogP contribution in [0.1, 0.15) is 26.3 Å². The van der Waals surface area contributed by atoms with Crippen molar-refractivity contribution in [3.63, 3.8) is 0 Å². The Morgan fingerprint density at radius 3 is 2.75 bits per heavy atom. The topological polar surface area (TPSA) is 21.3 Å². The number of nitrogens with one attached hydrogen (secondary N) is 1. The van der Waals surface area contributed by atoms with Crippen LogP contribution in [0.15, 0.2) is 28.7 Å². The Morgan fingerprint density at radius 1 is 1.38 bits per heavy atom. The highest BCUT2D eigenvalue weighted by atomic mass is 79.9. The molecule has 2 nitrogen and oxygen atoms in total. The largest absolute Gasteiger partial charge is 0.370 e. The third kappa shape index (κ3) is 5.10. The van der Waals surface area contributed by atoms with E-state index < -0.39 is 0 Å². The van der Waals surface area contributed by atoms with Gasteiger partial charge in [-0.25, -0.2) is 0 Å². The molecule has 0 radical (unpaired) electrons. The van der Waals surface area contributed by atoms with Crippen molar-refractivity contribution in [1.82, 2.24) is 5.32 Å². The van der Waals surface area contributed by atoms with Crippen molar-refractivity contribution < 1.29 is 4.74 Å². The van der Waals surface area contributed by atoms with Crippen molar-refractivity contribution in [2.75, 3.05) is 13.1 Å². The molecule has 0 amide bonds. The third-order valence-electron chi connectivity index (χ3n) is 2.32. The molecule has 1 N–H and O–H groups in total. The van der Waals surface area contributed by atoms with Gasteiger partial charge in [0.15, 0.2) is 0 Å². The minimum absolute atomic E-state index is 0.127. The first-order chi connectivity index (χ1) is 7.53. The number of rotatable bonds is 6. The Labute approximate surface area is 107 Å². The summed E-state index contributed by atoms with van der Waals surface area (Å²) in [6.45, 7) is 8.81. The van der Waals surface area contributed by atoms with Crippen LogP contribution in [0.25, 0.3) is 0 Å². The van der Waals surface area contributed by atoms with E-state index in [9.17, 15) is 0 Å². The lowest BCUT2D eigenvalue weighted by molar-refractivity contribution is -0.0276. The lowest BCUT2D eigenvalue weighted by Crippen LogP contribution is -2.37. The Balaban J connectivity index is 2.44. The Bertz CT molecular complexity index is 325. The second kappa shape index (κ2) is 6.38. The second-order valence-corrected chi connectivity index (χ2v) is 5.37. The van der Waals surface area contributed by atoms with Crippen molar-refractivity contribution in [2.24, 2.45) is 0 Å². The zero-order valence-electron chi connectivity index (χ0n) is 10.2. The van der Waals surface area contributed by atoms with Gasteiger partial charge in [0.1, 0.15) is 0 Å². The van der Waals surface area contributed by atoms with Crippen molar-refractivity contribution in [1.29, 1.82) is 0 Å². The van der Waals surface area contributed by atoms with Gasteiger partial charge >= 0.3 is 0 Å².